The van der Waals surface area contributed by atoms with Crippen molar-refractivity contribution in [2.45, 2.75) is 13.3 Å². The Hall–Kier alpha value is -3.42. The molecule has 8 nitrogen and oxygen atoms in total. The number of benzene rings is 1. The minimum absolute atomic E-state index is 0.189. The first-order valence-corrected chi connectivity index (χ1v) is 7.97. The van der Waals surface area contributed by atoms with Gasteiger partial charge in [0.25, 0.3) is 5.91 Å². The fourth-order valence-electron chi connectivity index (χ4n) is 2.55. The summed E-state index contributed by atoms with van der Waals surface area (Å²) in [5, 5.41) is 16.0. The fourth-order valence-corrected chi connectivity index (χ4v) is 2.55. The summed E-state index contributed by atoms with van der Waals surface area (Å²) in [6.45, 7) is 2.45. The van der Waals surface area contributed by atoms with Crippen molar-refractivity contribution >= 4 is 29.2 Å². The Morgan fingerprint density at radius 2 is 1.96 bits per heavy atom. The molecule has 2 aliphatic rings. The van der Waals surface area contributed by atoms with E-state index in [1.807, 2.05) is 31.2 Å². The molecule has 25 heavy (non-hydrogen) atoms. The number of nitrogens with zero attached hydrogens (tertiary/aromatic N) is 3. The molecule has 8 heteroatoms. The summed E-state index contributed by atoms with van der Waals surface area (Å²) in [6.07, 6.45) is 2.48. The summed E-state index contributed by atoms with van der Waals surface area (Å²) >= 11 is 0. The lowest BCUT2D eigenvalue weighted by Crippen LogP contribution is -2.26. The highest BCUT2D eigenvalue weighted by Gasteiger charge is 2.12. The lowest BCUT2D eigenvalue weighted by atomic mass is 10.1. The van der Waals surface area contributed by atoms with E-state index >= 15 is 0 Å². The van der Waals surface area contributed by atoms with Crippen LogP contribution in [0.4, 0.5) is 23.3 Å². The highest BCUT2D eigenvalue weighted by Crippen LogP contribution is 2.21. The van der Waals surface area contributed by atoms with Crippen LogP contribution in [0.2, 0.25) is 0 Å². The Morgan fingerprint density at radius 1 is 1.12 bits per heavy atom. The molecule has 1 aromatic carbocycles. The van der Waals surface area contributed by atoms with Crippen molar-refractivity contribution < 1.29 is 4.79 Å². The predicted molar refractivity (Wildman–Crippen MR) is 94.4 cm³/mol. The zero-order valence-electron chi connectivity index (χ0n) is 13.6. The molecule has 2 aromatic heterocycles. The van der Waals surface area contributed by atoms with Crippen LogP contribution >= 0.6 is 0 Å². The van der Waals surface area contributed by atoms with Crippen LogP contribution in [-0.4, -0.2) is 32.6 Å². The second-order valence-corrected chi connectivity index (χ2v) is 5.84. The summed E-state index contributed by atoms with van der Waals surface area (Å²) in [5.74, 6) is 1.44. The van der Waals surface area contributed by atoms with Gasteiger partial charge in [-0.05, 0) is 31.0 Å². The largest absolute Gasteiger partial charge is 0.350 e. The van der Waals surface area contributed by atoms with Gasteiger partial charge in [0.05, 0.1) is 0 Å². The van der Waals surface area contributed by atoms with Gasteiger partial charge in [0.2, 0.25) is 5.95 Å². The van der Waals surface area contributed by atoms with E-state index in [2.05, 4.69) is 36.1 Å². The van der Waals surface area contributed by atoms with E-state index < -0.39 is 0 Å². The number of aromatic nitrogens is 4. The van der Waals surface area contributed by atoms with Crippen LogP contribution in [0.3, 0.4) is 0 Å². The minimum Gasteiger partial charge on any atom is -0.350 e. The first-order valence-electron chi connectivity index (χ1n) is 7.97. The molecule has 3 aromatic rings. The third kappa shape index (κ3) is 3.27. The molecule has 0 aliphatic carbocycles. The van der Waals surface area contributed by atoms with Crippen LogP contribution in [-0.2, 0) is 6.42 Å². The summed E-state index contributed by atoms with van der Waals surface area (Å²) < 4.78 is 0. The topological polar surface area (TPSA) is 108 Å². The van der Waals surface area contributed by atoms with Gasteiger partial charge in [0, 0.05) is 30.1 Å². The van der Waals surface area contributed by atoms with Crippen LogP contribution < -0.4 is 16.0 Å². The van der Waals surface area contributed by atoms with Gasteiger partial charge in [0.1, 0.15) is 11.5 Å². The SMILES string of the molecule is Cc1cnc2nc1Nc1cc([nH]n1)C(=O)NCCc1ccc(cc1)N2. The molecule has 0 atom stereocenters. The molecule has 0 saturated heterocycles. The maximum atomic E-state index is 12.2. The normalized spacial score (nSPS) is 13.7. The average Bonchev–Trinajstić information content (AvgIpc) is 3.07. The van der Waals surface area contributed by atoms with Gasteiger partial charge in [0.15, 0.2) is 5.82 Å². The van der Waals surface area contributed by atoms with E-state index in [9.17, 15) is 4.79 Å². The molecule has 5 rings (SSSR count). The van der Waals surface area contributed by atoms with Gasteiger partial charge in [-0.25, -0.2) is 4.98 Å². The quantitative estimate of drug-likeness (QED) is 0.502. The summed E-state index contributed by atoms with van der Waals surface area (Å²) in [7, 11) is 0. The number of nitrogens with one attached hydrogen (secondary N) is 4. The number of amides is 1. The smallest absolute Gasteiger partial charge is 0.269 e. The zero-order chi connectivity index (χ0) is 17.2. The third-order valence-corrected chi connectivity index (χ3v) is 3.95. The molecule has 0 fully saturated rings. The van der Waals surface area contributed by atoms with Gasteiger partial charge in [-0.2, -0.15) is 10.1 Å². The minimum atomic E-state index is -0.189. The summed E-state index contributed by atoms with van der Waals surface area (Å²) in [4.78, 5) is 21.0. The Kier molecular flexibility index (Phi) is 3.77. The highest BCUT2D eigenvalue weighted by molar-refractivity contribution is 5.93. The number of aromatic amines is 1. The lowest BCUT2D eigenvalue weighted by molar-refractivity contribution is 0.0949. The predicted octanol–water partition coefficient (Wildman–Crippen LogP) is 2.28. The number of hydrogen-bond acceptors (Lipinski definition) is 6. The molecule has 126 valence electrons. The first kappa shape index (κ1) is 15.1. The van der Waals surface area contributed by atoms with E-state index in [0.717, 1.165) is 23.2 Å². The Morgan fingerprint density at radius 3 is 2.80 bits per heavy atom. The number of rotatable bonds is 0. The maximum absolute atomic E-state index is 12.2. The van der Waals surface area contributed by atoms with Crippen LogP contribution in [0, 0.1) is 6.92 Å². The molecule has 2 aliphatic heterocycles. The molecule has 0 radical (unpaired) electrons. The number of carbonyl (C=O) groups excluding carboxylic acids is 1. The van der Waals surface area contributed by atoms with Crippen LogP contribution in [0.15, 0.2) is 36.5 Å². The van der Waals surface area contributed by atoms with Crippen molar-refractivity contribution in [3.05, 3.63) is 53.3 Å². The van der Waals surface area contributed by atoms with Gasteiger partial charge < -0.3 is 16.0 Å². The van der Waals surface area contributed by atoms with Gasteiger partial charge in [-0.15, -0.1) is 0 Å². The third-order valence-electron chi connectivity index (χ3n) is 3.95. The van der Waals surface area contributed by atoms with E-state index in [1.165, 1.54) is 0 Å². The van der Waals surface area contributed by atoms with E-state index in [4.69, 9.17) is 0 Å². The second kappa shape index (κ2) is 6.23. The molecule has 1 amide bonds. The fraction of sp³-hybridized carbons (Fsp3) is 0.176. The van der Waals surface area contributed by atoms with Crippen molar-refractivity contribution in [2.75, 3.05) is 17.2 Å². The Labute approximate surface area is 144 Å². The molecule has 4 N–H and O–H groups in total. The number of carbonyl (C=O) groups is 1. The summed E-state index contributed by atoms with van der Waals surface area (Å²) in [5.41, 5.74) is 3.30. The number of anilines is 4. The van der Waals surface area contributed by atoms with Crippen LogP contribution in [0.25, 0.3) is 0 Å². The van der Waals surface area contributed by atoms with Gasteiger partial charge in [-0.3, -0.25) is 9.89 Å². The van der Waals surface area contributed by atoms with Crippen molar-refractivity contribution in [1.29, 1.82) is 0 Å². The first-order chi connectivity index (χ1) is 12.2. The Bertz CT molecular complexity index is 917. The van der Waals surface area contributed by atoms with E-state index in [-0.39, 0.29) is 5.91 Å². The van der Waals surface area contributed by atoms with Crippen molar-refractivity contribution in [1.82, 2.24) is 25.5 Å². The monoisotopic (exact) mass is 335 g/mol. The van der Waals surface area contributed by atoms with Crippen LogP contribution in [0.5, 0.6) is 0 Å². The van der Waals surface area contributed by atoms with E-state index in [0.29, 0.717) is 29.8 Å². The molecule has 0 spiro atoms. The number of fused-ring (bicyclic) bond motifs is 5. The standard InChI is InChI=1S/C17H17N7O/c1-10-9-19-17-20-12-4-2-11(3-5-12)6-7-18-16(25)13-8-14(24-23-13)21-15(10)22-17/h2-5,8-9H,6-7H2,1H3,(H,18,25)(H3,19,20,21,22,23,24). The number of H-pyrrole nitrogens is 1. The molecular formula is C17H17N7O. The number of aryl methyl sites for hydroxylation is 1. The van der Waals surface area contributed by atoms with Crippen LogP contribution in [0.1, 0.15) is 21.6 Å². The van der Waals surface area contributed by atoms with Gasteiger partial charge in [-0.1, -0.05) is 12.1 Å². The van der Waals surface area contributed by atoms with Crippen molar-refractivity contribution in [3.63, 3.8) is 0 Å². The molecule has 6 bridgehead atoms. The zero-order valence-corrected chi connectivity index (χ0v) is 13.6. The van der Waals surface area contributed by atoms with Crippen molar-refractivity contribution in [3.8, 4) is 0 Å². The second-order valence-electron chi connectivity index (χ2n) is 5.84. The highest BCUT2D eigenvalue weighted by atomic mass is 16.1. The molecule has 0 unspecified atom stereocenters. The molecule has 4 heterocycles. The maximum Gasteiger partial charge on any atom is 0.269 e. The molecular weight excluding hydrogens is 318 g/mol. The summed E-state index contributed by atoms with van der Waals surface area (Å²) in [6, 6.07) is 9.63. The lowest BCUT2D eigenvalue weighted by Gasteiger charge is -2.10. The van der Waals surface area contributed by atoms with Gasteiger partial charge >= 0.3 is 0 Å². The average molecular weight is 335 g/mol. The molecule has 0 saturated carbocycles. The number of hydrogen-bond donors (Lipinski definition) is 4. The van der Waals surface area contributed by atoms with Crippen molar-refractivity contribution in [2.24, 2.45) is 0 Å². The van der Waals surface area contributed by atoms with E-state index in [1.54, 1.807) is 12.3 Å². The Balaban J connectivity index is 1.73.